The van der Waals surface area contributed by atoms with E-state index in [1.54, 1.807) is 19.1 Å². The predicted octanol–water partition coefficient (Wildman–Crippen LogP) is 2.61. The molecule has 9 nitrogen and oxygen atoms in total. The van der Waals surface area contributed by atoms with Crippen molar-refractivity contribution in [3.05, 3.63) is 42.4 Å². The summed E-state index contributed by atoms with van der Waals surface area (Å²) < 4.78 is 38.4. The Bertz CT molecular complexity index is 1010. The second-order valence-electron chi connectivity index (χ2n) is 7.22. The second-order valence-corrected chi connectivity index (χ2v) is 9.13. The number of hydrogen-bond donors (Lipinski definition) is 2. The van der Waals surface area contributed by atoms with Crippen molar-refractivity contribution in [2.45, 2.75) is 44.0 Å². The van der Waals surface area contributed by atoms with Crippen LogP contribution in [0.5, 0.6) is 5.75 Å². The van der Waals surface area contributed by atoms with Crippen LogP contribution < -0.4 is 15.4 Å². The molecule has 1 aromatic heterocycles. The number of benzene rings is 1. The normalized spacial score (nSPS) is 15.8. The minimum atomic E-state index is -3.77. The number of nitrogens with zero attached hydrogens (tertiary/aromatic N) is 1. The van der Waals surface area contributed by atoms with Crippen molar-refractivity contribution in [2.24, 2.45) is 0 Å². The Morgan fingerprint density at radius 1 is 1.19 bits per heavy atom. The van der Waals surface area contributed by atoms with E-state index in [1.807, 2.05) is 0 Å². The first kappa shape index (κ1) is 22.8. The standard InChI is InChI=1S/C21H27N3O6S/c1-3-29-17-10-9-16(14-19(17)31(27,28)24-11-5-4-6-12-24)23-20(25)15(2)22-21(26)18-8-7-13-30-18/h7-10,13-15H,3-6,11-12H2,1-2H3,(H,22,26)(H,23,25). The van der Waals surface area contributed by atoms with Gasteiger partial charge in [-0.05, 0) is 57.0 Å². The van der Waals surface area contributed by atoms with E-state index in [4.69, 9.17) is 9.15 Å². The van der Waals surface area contributed by atoms with Gasteiger partial charge in [0.05, 0.1) is 12.9 Å². The maximum atomic E-state index is 13.2. The number of furan rings is 1. The number of carbonyl (C=O) groups excluding carboxylic acids is 2. The fraction of sp³-hybridized carbons (Fsp3) is 0.429. The zero-order valence-electron chi connectivity index (χ0n) is 17.6. The lowest BCUT2D eigenvalue weighted by Gasteiger charge is -2.27. The molecule has 0 bridgehead atoms. The minimum Gasteiger partial charge on any atom is -0.492 e. The lowest BCUT2D eigenvalue weighted by atomic mass is 10.2. The minimum absolute atomic E-state index is 0.0151. The molecule has 10 heteroatoms. The van der Waals surface area contributed by atoms with Crippen LogP contribution in [0.15, 0.2) is 45.9 Å². The van der Waals surface area contributed by atoms with Crippen molar-refractivity contribution in [1.82, 2.24) is 9.62 Å². The molecule has 168 valence electrons. The third-order valence-corrected chi connectivity index (χ3v) is 6.85. The monoisotopic (exact) mass is 449 g/mol. The molecular weight excluding hydrogens is 422 g/mol. The molecule has 0 aliphatic carbocycles. The Morgan fingerprint density at radius 2 is 1.94 bits per heavy atom. The maximum absolute atomic E-state index is 13.2. The third-order valence-electron chi connectivity index (χ3n) is 4.93. The Morgan fingerprint density at radius 3 is 2.58 bits per heavy atom. The van der Waals surface area contributed by atoms with Crippen molar-refractivity contribution in [1.29, 1.82) is 0 Å². The summed E-state index contributed by atoms with van der Waals surface area (Å²) in [7, 11) is -3.77. The van der Waals surface area contributed by atoms with Crippen LogP contribution in [0.1, 0.15) is 43.7 Å². The highest BCUT2D eigenvalue weighted by atomic mass is 32.2. The van der Waals surface area contributed by atoms with Crippen molar-refractivity contribution in [3.63, 3.8) is 0 Å². The number of amides is 2. The van der Waals surface area contributed by atoms with Gasteiger partial charge in [-0.1, -0.05) is 6.42 Å². The van der Waals surface area contributed by atoms with Crippen molar-refractivity contribution >= 4 is 27.5 Å². The lowest BCUT2D eigenvalue weighted by molar-refractivity contribution is -0.117. The van der Waals surface area contributed by atoms with E-state index in [2.05, 4.69) is 10.6 Å². The van der Waals surface area contributed by atoms with Gasteiger partial charge in [0.2, 0.25) is 15.9 Å². The Kier molecular flexibility index (Phi) is 7.34. The molecule has 0 radical (unpaired) electrons. The van der Waals surface area contributed by atoms with Crippen LogP contribution in [-0.4, -0.2) is 50.3 Å². The molecule has 31 heavy (non-hydrogen) atoms. The fourth-order valence-corrected chi connectivity index (χ4v) is 4.97. The van der Waals surface area contributed by atoms with Gasteiger partial charge in [-0.25, -0.2) is 8.42 Å². The third kappa shape index (κ3) is 5.45. The molecule has 2 heterocycles. The van der Waals surface area contributed by atoms with Gasteiger partial charge in [-0.15, -0.1) is 0 Å². The van der Waals surface area contributed by atoms with Gasteiger partial charge in [0.1, 0.15) is 16.7 Å². The summed E-state index contributed by atoms with van der Waals surface area (Å²) >= 11 is 0. The molecule has 1 atom stereocenters. The number of ether oxygens (including phenoxy) is 1. The zero-order valence-corrected chi connectivity index (χ0v) is 18.4. The van der Waals surface area contributed by atoms with Crippen LogP contribution in [0, 0.1) is 0 Å². The number of anilines is 1. The molecule has 1 aliphatic rings. The molecule has 3 rings (SSSR count). The van der Waals surface area contributed by atoms with Crippen LogP contribution in [0.2, 0.25) is 0 Å². The molecule has 2 N–H and O–H groups in total. The number of carbonyl (C=O) groups is 2. The van der Waals surface area contributed by atoms with Gasteiger partial charge in [0.25, 0.3) is 5.91 Å². The zero-order chi connectivity index (χ0) is 22.4. The van der Waals surface area contributed by atoms with E-state index < -0.39 is 27.9 Å². The highest BCUT2D eigenvalue weighted by molar-refractivity contribution is 7.89. The highest BCUT2D eigenvalue weighted by Gasteiger charge is 2.29. The molecule has 0 saturated carbocycles. The van der Waals surface area contributed by atoms with E-state index in [0.29, 0.717) is 25.4 Å². The van der Waals surface area contributed by atoms with Crippen LogP contribution >= 0.6 is 0 Å². The van der Waals surface area contributed by atoms with Gasteiger partial charge in [-0.3, -0.25) is 9.59 Å². The molecule has 1 saturated heterocycles. The van der Waals surface area contributed by atoms with Gasteiger partial charge < -0.3 is 19.8 Å². The Hall–Kier alpha value is -2.85. The first-order valence-corrected chi connectivity index (χ1v) is 11.7. The number of rotatable bonds is 8. The molecule has 1 aliphatic heterocycles. The van der Waals surface area contributed by atoms with Gasteiger partial charge in [-0.2, -0.15) is 4.31 Å². The maximum Gasteiger partial charge on any atom is 0.287 e. The summed E-state index contributed by atoms with van der Waals surface area (Å²) in [5, 5.41) is 5.19. The van der Waals surface area contributed by atoms with Crippen molar-refractivity contribution < 1.29 is 27.2 Å². The van der Waals surface area contributed by atoms with Crippen LogP contribution in [0.4, 0.5) is 5.69 Å². The molecule has 0 spiro atoms. The quantitative estimate of drug-likeness (QED) is 0.640. The van der Waals surface area contributed by atoms with Crippen LogP contribution in [0.25, 0.3) is 0 Å². The van der Waals surface area contributed by atoms with E-state index in [1.165, 1.54) is 35.7 Å². The molecule has 2 aromatic rings. The summed E-state index contributed by atoms with van der Waals surface area (Å²) in [6.07, 6.45) is 3.99. The van der Waals surface area contributed by atoms with E-state index in [0.717, 1.165) is 19.3 Å². The van der Waals surface area contributed by atoms with E-state index >= 15 is 0 Å². The summed E-state index contributed by atoms with van der Waals surface area (Å²) in [5.41, 5.74) is 0.295. The van der Waals surface area contributed by atoms with Crippen molar-refractivity contribution in [2.75, 3.05) is 25.0 Å². The summed E-state index contributed by atoms with van der Waals surface area (Å²) in [4.78, 5) is 24.6. The van der Waals surface area contributed by atoms with Crippen LogP contribution in [0.3, 0.4) is 0 Å². The number of hydrogen-bond acceptors (Lipinski definition) is 6. The van der Waals surface area contributed by atoms with E-state index in [9.17, 15) is 18.0 Å². The number of piperidine rings is 1. The fourth-order valence-electron chi connectivity index (χ4n) is 3.30. The number of nitrogens with one attached hydrogen (secondary N) is 2. The first-order chi connectivity index (χ1) is 14.8. The number of sulfonamides is 1. The summed E-state index contributed by atoms with van der Waals surface area (Å²) in [5.74, 6) is -0.682. The lowest BCUT2D eigenvalue weighted by Crippen LogP contribution is -2.41. The largest absolute Gasteiger partial charge is 0.492 e. The highest BCUT2D eigenvalue weighted by Crippen LogP contribution is 2.31. The molecule has 1 fully saturated rings. The molecule has 1 aromatic carbocycles. The summed E-state index contributed by atoms with van der Waals surface area (Å²) in [6, 6.07) is 6.69. The first-order valence-electron chi connectivity index (χ1n) is 10.2. The average Bonchev–Trinajstić information content (AvgIpc) is 3.30. The topological polar surface area (TPSA) is 118 Å². The Balaban J connectivity index is 1.77. The molecule has 1 unspecified atom stereocenters. The Labute approximate surface area is 181 Å². The average molecular weight is 450 g/mol. The second kappa shape index (κ2) is 9.97. The predicted molar refractivity (Wildman–Crippen MR) is 114 cm³/mol. The molecule has 2 amide bonds. The summed E-state index contributed by atoms with van der Waals surface area (Å²) in [6.45, 7) is 4.53. The SMILES string of the molecule is CCOc1ccc(NC(=O)C(C)NC(=O)c2ccco2)cc1S(=O)(=O)N1CCCCC1. The molecular formula is C21H27N3O6S. The smallest absolute Gasteiger partial charge is 0.287 e. The van der Waals surface area contributed by atoms with Crippen molar-refractivity contribution in [3.8, 4) is 5.75 Å². The van der Waals surface area contributed by atoms with Gasteiger partial charge >= 0.3 is 0 Å². The van der Waals surface area contributed by atoms with E-state index in [-0.39, 0.29) is 16.4 Å². The van der Waals surface area contributed by atoms with Gasteiger partial charge in [0, 0.05) is 18.8 Å². The van der Waals surface area contributed by atoms with Gasteiger partial charge in [0.15, 0.2) is 5.76 Å². The van der Waals surface area contributed by atoms with Crippen LogP contribution in [-0.2, 0) is 14.8 Å².